The molecule has 2 aliphatic rings. The zero-order chi connectivity index (χ0) is 22.7. The Morgan fingerprint density at radius 2 is 1.84 bits per heavy atom. The lowest BCUT2D eigenvalue weighted by atomic mass is 10.1. The highest BCUT2D eigenvalue weighted by atomic mass is 35.5. The van der Waals surface area contributed by atoms with Gasteiger partial charge in [0.25, 0.3) is 0 Å². The number of amides is 2. The van der Waals surface area contributed by atoms with Crippen molar-refractivity contribution < 1.29 is 22.7 Å². The lowest BCUT2D eigenvalue weighted by molar-refractivity contribution is -0.122. The molecule has 170 valence electrons. The fourth-order valence-corrected chi connectivity index (χ4v) is 5.00. The number of carbonyl (C=O) groups excluding carboxylic acids is 2. The summed E-state index contributed by atoms with van der Waals surface area (Å²) in [6.45, 7) is 1.16. The summed E-state index contributed by atoms with van der Waals surface area (Å²) in [6.07, 6.45) is 1.79. The molecule has 32 heavy (non-hydrogen) atoms. The van der Waals surface area contributed by atoms with Crippen molar-refractivity contribution in [1.29, 1.82) is 0 Å². The van der Waals surface area contributed by atoms with Crippen molar-refractivity contribution in [3.63, 3.8) is 0 Å². The van der Waals surface area contributed by atoms with Crippen molar-refractivity contribution in [1.82, 2.24) is 4.72 Å². The van der Waals surface area contributed by atoms with Gasteiger partial charge in [0.1, 0.15) is 0 Å². The van der Waals surface area contributed by atoms with Crippen LogP contribution in [0.3, 0.4) is 0 Å². The van der Waals surface area contributed by atoms with E-state index in [2.05, 4.69) is 10.0 Å². The van der Waals surface area contributed by atoms with Crippen LogP contribution in [0, 0.1) is 5.92 Å². The fourth-order valence-electron chi connectivity index (χ4n) is 3.81. The minimum Gasteiger partial charge on any atom is -0.377 e. The van der Waals surface area contributed by atoms with Gasteiger partial charge in [-0.15, -0.1) is 0 Å². The maximum atomic E-state index is 12.7. The Labute approximate surface area is 191 Å². The van der Waals surface area contributed by atoms with Crippen molar-refractivity contribution in [2.24, 2.45) is 5.92 Å². The number of hydrogen-bond acceptors (Lipinski definition) is 5. The van der Waals surface area contributed by atoms with Crippen molar-refractivity contribution in [3.05, 3.63) is 53.6 Å². The Kier molecular flexibility index (Phi) is 6.80. The predicted molar refractivity (Wildman–Crippen MR) is 121 cm³/mol. The van der Waals surface area contributed by atoms with Gasteiger partial charge in [0, 0.05) is 42.5 Å². The molecule has 0 spiro atoms. The Balaban J connectivity index is 1.34. The van der Waals surface area contributed by atoms with E-state index in [1.807, 2.05) is 0 Å². The normalized spacial score (nSPS) is 21.2. The molecule has 2 fully saturated rings. The summed E-state index contributed by atoms with van der Waals surface area (Å²) in [5.74, 6) is -0.928. The van der Waals surface area contributed by atoms with Crippen LogP contribution in [0.1, 0.15) is 19.3 Å². The number of hydrogen-bond donors (Lipinski definition) is 2. The number of sulfonamides is 1. The number of nitrogens with one attached hydrogen (secondary N) is 2. The number of nitrogens with zero attached hydrogens (tertiary/aromatic N) is 1. The first-order chi connectivity index (χ1) is 15.3. The molecule has 0 saturated carbocycles. The molecule has 4 rings (SSSR count). The Bertz CT molecular complexity index is 1080. The van der Waals surface area contributed by atoms with E-state index in [-0.39, 0.29) is 42.3 Å². The molecule has 2 aliphatic heterocycles. The molecule has 2 atom stereocenters. The van der Waals surface area contributed by atoms with Crippen LogP contribution in [0.5, 0.6) is 0 Å². The van der Waals surface area contributed by atoms with E-state index in [9.17, 15) is 18.0 Å². The topological polar surface area (TPSA) is 105 Å². The second-order valence-corrected chi connectivity index (χ2v) is 10.1. The summed E-state index contributed by atoms with van der Waals surface area (Å²) in [7, 11) is -3.66. The van der Waals surface area contributed by atoms with E-state index in [4.69, 9.17) is 16.3 Å². The van der Waals surface area contributed by atoms with E-state index in [0.29, 0.717) is 23.0 Å². The van der Waals surface area contributed by atoms with Crippen LogP contribution in [0.2, 0.25) is 5.02 Å². The number of halogens is 1. The van der Waals surface area contributed by atoms with Gasteiger partial charge in [-0.25, -0.2) is 13.1 Å². The SMILES string of the molecule is O=C(Nc1ccc(S(=O)(=O)NC[C@@H]2CCCO2)cc1)[C@@H]1CC(=O)N(c2ccc(Cl)cc2)C1. The molecule has 10 heteroatoms. The summed E-state index contributed by atoms with van der Waals surface area (Å²) >= 11 is 5.90. The van der Waals surface area contributed by atoms with Gasteiger partial charge in [-0.2, -0.15) is 0 Å². The molecule has 0 radical (unpaired) electrons. The first-order valence-corrected chi connectivity index (χ1v) is 12.3. The maximum absolute atomic E-state index is 12.7. The van der Waals surface area contributed by atoms with Gasteiger partial charge in [-0.3, -0.25) is 9.59 Å². The van der Waals surface area contributed by atoms with Crippen LogP contribution in [-0.2, 0) is 24.3 Å². The van der Waals surface area contributed by atoms with Crippen LogP contribution in [0.15, 0.2) is 53.4 Å². The van der Waals surface area contributed by atoms with Gasteiger partial charge in [0.05, 0.1) is 16.9 Å². The summed E-state index contributed by atoms with van der Waals surface area (Å²) < 4.78 is 32.9. The van der Waals surface area contributed by atoms with Crippen molar-refractivity contribution >= 4 is 44.8 Å². The molecule has 8 nitrogen and oxygen atoms in total. The molecule has 0 aromatic heterocycles. The van der Waals surface area contributed by atoms with E-state index >= 15 is 0 Å². The second kappa shape index (κ2) is 9.58. The molecule has 2 aromatic carbocycles. The van der Waals surface area contributed by atoms with Crippen LogP contribution in [-0.4, -0.2) is 46.0 Å². The molecule has 0 unspecified atom stereocenters. The molecular formula is C22H24ClN3O5S. The zero-order valence-electron chi connectivity index (χ0n) is 17.3. The molecule has 2 saturated heterocycles. The summed E-state index contributed by atoms with van der Waals surface area (Å²) in [4.78, 5) is 26.7. The first-order valence-electron chi connectivity index (χ1n) is 10.4. The number of ether oxygens (including phenoxy) is 1. The van der Waals surface area contributed by atoms with Crippen molar-refractivity contribution in [2.45, 2.75) is 30.3 Å². The molecule has 2 heterocycles. The number of rotatable bonds is 7. The Morgan fingerprint density at radius 1 is 1.12 bits per heavy atom. The van der Waals surface area contributed by atoms with Crippen molar-refractivity contribution in [3.8, 4) is 0 Å². The highest BCUT2D eigenvalue weighted by molar-refractivity contribution is 7.89. The Hall–Kier alpha value is -2.46. The quantitative estimate of drug-likeness (QED) is 0.638. The third-order valence-electron chi connectivity index (χ3n) is 5.59. The minimum absolute atomic E-state index is 0.0927. The summed E-state index contributed by atoms with van der Waals surface area (Å²) in [5.41, 5.74) is 1.16. The third kappa shape index (κ3) is 5.29. The van der Waals surface area contributed by atoms with E-state index < -0.39 is 15.9 Å². The minimum atomic E-state index is -3.66. The van der Waals surface area contributed by atoms with E-state index in [1.165, 1.54) is 24.3 Å². The molecule has 2 N–H and O–H groups in total. The van der Waals surface area contributed by atoms with Crippen molar-refractivity contribution in [2.75, 3.05) is 29.9 Å². The molecule has 0 bridgehead atoms. The second-order valence-electron chi connectivity index (χ2n) is 7.88. The largest absolute Gasteiger partial charge is 0.377 e. The van der Waals surface area contributed by atoms with Crippen LogP contribution >= 0.6 is 11.6 Å². The highest BCUT2D eigenvalue weighted by Crippen LogP contribution is 2.27. The van der Waals surface area contributed by atoms with Crippen LogP contribution in [0.4, 0.5) is 11.4 Å². The fraction of sp³-hybridized carbons (Fsp3) is 0.364. The molecule has 2 amide bonds. The first kappa shape index (κ1) is 22.7. The van der Waals surface area contributed by atoms with Gasteiger partial charge in [0.2, 0.25) is 21.8 Å². The number of benzene rings is 2. The number of anilines is 2. The summed E-state index contributed by atoms with van der Waals surface area (Å²) in [6, 6.07) is 12.8. The summed E-state index contributed by atoms with van der Waals surface area (Å²) in [5, 5.41) is 3.34. The monoisotopic (exact) mass is 477 g/mol. The zero-order valence-corrected chi connectivity index (χ0v) is 18.9. The molecular weight excluding hydrogens is 454 g/mol. The molecule has 2 aromatic rings. The average molecular weight is 478 g/mol. The lowest BCUT2D eigenvalue weighted by Gasteiger charge is -2.17. The smallest absolute Gasteiger partial charge is 0.240 e. The molecule has 0 aliphatic carbocycles. The van der Waals surface area contributed by atoms with Gasteiger partial charge >= 0.3 is 0 Å². The van der Waals surface area contributed by atoms with E-state index in [1.54, 1.807) is 29.2 Å². The predicted octanol–water partition coefficient (Wildman–Crippen LogP) is 2.79. The van der Waals surface area contributed by atoms with Gasteiger partial charge < -0.3 is 15.0 Å². The third-order valence-corrected chi connectivity index (χ3v) is 7.28. The van der Waals surface area contributed by atoms with Crippen LogP contribution < -0.4 is 14.9 Å². The van der Waals surface area contributed by atoms with Gasteiger partial charge in [-0.05, 0) is 61.4 Å². The van der Waals surface area contributed by atoms with Crippen LogP contribution in [0.25, 0.3) is 0 Å². The van der Waals surface area contributed by atoms with Gasteiger partial charge in [0.15, 0.2) is 0 Å². The standard InChI is InChI=1S/C22H24ClN3O5S/c23-16-3-7-18(8-4-16)26-14-15(12-21(26)27)22(28)25-17-5-9-20(10-6-17)32(29,30)24-13-19-2-1-11-31-19/h3-10,15,19,24H,1-2,11-14H2,(H,25,28)/t15-,19+/m1/s1. The van der Waals surface area contributed by atoms with Gasteiger partial charge in [-0.1, -0.05) is 11.6 Å². The average Bonchev–Trinajstić information content (AvgIpc) is 3.43. The lowest BCUT2D eigenvalue weighted by Crippen LogP contribution is -2.31. The van der Waals surface area contributed by atoms with E-state index in [0.717, 1.165) is 12.8 Å². The Morgan fingerprint density at radius 3 is 2.50 bits per heavy atom. The number of carbonyl (C=O) groups is 2. The highest BCUT2D eigenvalue weighted by Gasteiger charge is 2.35. The maximum Gasteiger partial charge on any atom is 0.240 e.